The smallest absolute Gasteiger partial charge is 0.340 e. The Kier molecular flexibility index (Phi) is 6.63. The van der Waals surface area contributed by atoms with Crippen LogP contribution in [-0.2, 0) is 23.3 Å². The second-order valence-electron chi connectivity index (χ2n) is 9.90. The van der Waals surface area contributed by atoms with Crippen LogP contribution in [0, 0.1) is 6.92 Å². The number of benzene rings is 2. The van der Waals surface area contributed by atoms with E-state index < -0.39 is 0 Å². The van der Waals surface area contributed by atoms with Crippen molar-refractivity contribution in [1.29, 1.82) is 0 Å². The summed E-state index contributed by atoms with van der Waals surface area (Å²) in [7, 11) is 0. The second kappa shape index (κ2) is 9.43. The molecule has 0 amide bonds. The van der Waals surface area contributed by atoms with Gasteiger partial charge < -0.3 is 4.74 Å². The molecule has 2 N–H and O–H groups in total. The van der Waals surface area contributed by atoms with Gasteiger partial charge in [0.25, 0.3) is 0 Å². The van der Waals surface area contributed by atoms with E-state index in [-0.39, 0.29) is 23.3 Å². The Balaban J connectivity index is 1.56. The van der Waals surface area contributed by atoms with Gasteiger partial charge in [-0.05, 0) is 48.4 Å². The largest absolute Gasteiger partial charge is 0.372 e. The van der Waals surface area contributed by atoms with Gasteiger partial charge in [0.2, 0.25) is 0 Å². The maximum absolute atomic E-state index is 11.5. The number of piperidine rings is 1. The highest BCUT2D eigenvalue weighted by molar-refractivity contribution is 5.33. The summed E-state index contributed by atoms with van der Waals surface area (Å²) in [4.78, 5) is 16.7. The quantitative estimate of drug-likeness (QED) is 0.593. The third-order valence-electron chi connectivity index (χ3n) is 6.19. The molecule has 2 heterocycles. The first-order valence-corrected chi connectivity index (χ1v) is 11.4. The normalized spacial score (nSPS) is 19.9. The third kappa shape index (κ3) is 5.37. The number of nitrogens with one attached hydrogen (secondary N) is 2. The van der Waals surface area contributed by atoms with Crippen LogP contribution < -0.4 is 5.69 Å². The zero-order chi connectivity index (χ0) is 22.7. The molecule has 3 aromatic rings. The van der Waals surface area contributed by atoms with Gasteiger partial charge in [0, 0.05) is 0 Å². The van der Waals surface area contributed by atoms with Gasteiger partial charge >= 0.3 is 5.69 Å². The fraction of sp³-hybridized carbons (Fsp3) is 0.462. The highest BCUT2D eigenvalue weighted by Crippen LogP contribution is 2.35. The fourth-order valence-corrected chi connectivity index (χ4v) is 4.61. The number of aryl methyl sites for hydroxylation is 1. The Hall–Kier alpha value is -2.70. The molecule has 1 aromatic heterocycles. The molecule has 6 heteroatoms. The summed E-state index contributed by atoms with van der Waals surface area (Å²) >= 11 is 0. The molecule has 0 saturated carbocycles. The predicted molar refractivity (Wildman–Crippen MR) is 126 cm³/mol. The van der Waals surface area contributed by atoms with E-state index in [1.807, 2.05) is 6.07 Å². The molecule has 1 saturated heterocycles. The van der Waals surface area contributed by atoms with E-state index in [0.717, 1.165) is 19.4 Å². The van der Waals surface area contributed by atoms with Gasteiger partial charge in [0.15, 0.2) is 0 Å². The van der Waals surface area contributed by atoms with Crippen LogP contribution in [0.2, 0.25) is 0 Å². The van der Waals surface area contributed by atoms with Crippen molar-refractivity contribution in [3.05, 3.63) is 87.1 Å². The lowest BCUT2D eigenvalue weighted by atomic mass is 9.85. The zero-order valence-electron chi connectivity index (χ0n) is 19.5. The van der Waals surface area contributed by atoms with Crippen molar-refractivity contribution in [2.75, 3.05) is 6.54 Å². The Morgan fingerprint density at radius 3 is 2.62 bits per heavy atom. The third-order valence-corrected chi connectivity index (χ3v) is 6.19. The lowest BCUT2D eigenvalue weighted by Crippen LogP contribution is -2.42. The lowest BCUT2D eigenvalue weighted by Gasteiger charge is -2.41. The molecule has 1 aliphatic heterocycles. The lowest BCUT2D eigenvalue weighted by molar-refractivity contribution is -0.0560. The first-order valence-electron chi connectivity index (χ1n) is 11.4. The highest BCUT2D eigenvalue weighted by Gasteiger charge is 2.34. The molecule has 6 nitrogen and oxygen atoms in total. The molecule has 0 aliphatic carbocycles. The first-order chi connectivity index (χ1) is 15.3. The van der Waals surface area contributed by atoms with Crippen LogP contribution in [0.1, 0.15) is 67.7 Å². The van der Waals surface area contributed by atoms with Gasteiger partial charge in [-0.1, -0.05) is 74.9 Å². The van der Waals surface area contributed by atoms with Crippen molar-refractivity contribution in [3.8, 4) is 0 Å². The number of aromatic nitrogens is 3. The molecule has 1 aliphatic rings. The van der Waals surface area contributed by atoms with Crippen LogP contribution in [0.5, 0.6) is 0 Å². The minimum atomic E-state index is -0.268. The molecular weight excluding hydrogens is 400 g/mol. The molecule has 170 valence electrons. The Morgan fingerprint density at radius 1 is 1.16 bits per heavy atom. The molecule has 2 aromatic carbocycles. The molecule has 0 bridgehead atoms. The van der Waals surface area contributed by atoms with E-state index in [0.29, 0.717) is 19.0 Å². The molecular formula is C26H34N4O2. The van der Waals surface area contributed by atoms with E-state index in [1.165, 1.54) is 22.3 Å². The van der Waals surface area contributed by atoms with Crippen molar-refractivity contribution in [2.24, 2.45) is 0 Å². The van der Waals surface area contributed by atoms with Crippen LogP contribution in [0.4, 0.5) is 0 Å². The molecule has 0 radical (unpaired) electrons. The van der Waals surface area contributed by atoms with Gasteiger partial charge in [-0.2, -0.15) is 5.10 Å². The SMILES string of the molecule is Cc1cc(CO[C@H]2CCCN(Cc3n[nH]c(=O)[nH]3)[C@H]2c2ccccc2)cc(C(C)(C)C)c1. The van der Waals surface area contributed by atoms with Gasteiger partial charge in [0.05, 0.1) is 25.3 Å². The van der Waals surface area contributed by atoms with E-state index in [9.17, 15) is 4.79 Å². The standard InChI is InChI=1S/C26H34N4O2/c1-18-13-19(15-21(14-18)26(2,3)4)17-32-22-11-8-12-30(16-23-27-25(31)29-28-23)24(22)20-9-6-5-7-10-20/h5-7,9-10,13-15,22,24H,8,11-12,16-17H2,1-4H3,(H2,27,28,29,31)/t22-,24-/m0/s1. The van der Waals surface area contributed by atoms with E-state index >= 15 is 0 Å². The molecule has 32 heavy (non-hydrogen) atoms. The number of ether oxygens (including phenoxy) is 1. The molecule has 4 rings (SSSR count). The van der Waals surface area contributed by atoms with Gasteiger partial charge in [-0.3, -0.25) is 9.88 Å². The number of hydrogen-bond acceptors (Lipinski definition) is 4. The average molecular weight is 435 g/mol. The van der Waals surface area contributed by atoms with Crippen molar-refractivity contribution in [3.63, 3.8) is 0 Å². The summed E-state index contributed by atoms with van der Waals surface area (Å²) in [6.45, 7) is 11.0. The summed E-state index contributed by atoms with van der Waals surface area (Å²) in [5, 5.41) is 6.60. The predicted octanol–water partition coefficient (Wildman–Crippen LogP) is 4.63. The van der Waals surface area contributed by atoms with E-state index in [1.54, 1.807) is 0 Å². The van der Waals surface area contributed by atoms with Crippen LogP contribution in [0.15, 0.2) is 53.3 Å². The monoisotopic (exact) mass is 434 g/mol. The summed E-state index contributed by atoms with van der Waals surface area (Å²) < 4.78 is 6.59. The average Bonchev–Trinajstić information content (AvgIpc) is 3.16. The van der Waals surface area contributed by atoms with Crippen molar-refractivity contribution >= 4 is 0 Å². The number of likely N-dealkylation sites (tertiary alicyclic amines) is 1. The molecule has 2 atom stereocenters. The Morgan fingerprint density at radius 2 is 1.94 bits per heavy atom. The summed E-state index contributed by atoms with van der Waals surface area (Å²) in [5.74, 6) is 0.657. The minimum absolute atomic E-state index is 0.0652. The topological polar surface area (TPSA) is 74.0 Å². The Bertz CT molecular complexity index is 1080. The summed E-state index contributed by atoms with van der Waals surface area (Å²) in [6, 6.07) is 17.4. The van der Waals surface area contributed by atoms with Crippen molar-refractivity contribution in [1.82, 2.24) is 20.1 Å². The van der Waals surface area contributed by atoms with Gasteiger partial charge in [0.1, 0.15) is 5.82 Å². The van der Waals surface area contributed by atoms with E-state index in [2.05, 4.69) is 90.2 Å². The van der Waals surface area contributed by atoms with Crippen LogP contribution in [-0.4, -0.2) is 32.7 Å². The second-order valence-corrected chi connectivity index (χ2v) is 9.90. The maximum atomic E-state index is 11.5. The highest BCUT2D eigenvalue weighted by atomic mass is 16.5. The van der Waals surface area contributed by atoms with Gasteiger partial charge in [-0.25, -0.2) is 9.89 Å². The van der Waals surface area contributed by atoms with Crippen LogP contribution in [0.3, 0.4) is 0 Å². The number of rotatable bonds is 6. The summed E-state index contributed by atoms with van der Waals surface area (Å²) in [5.41, 5.74) is 4.89. The number of aromatic amines is 2. The number of H-pyrrole nitrogens is 2. The molecule has 0 spiro atoms. The van der Waals surface area contributed by atoms with Gasteiger partial charge in [-0.15, -0.1) is 0 Å². The summed E-state index contributed by atoms with van der Waals surface area (Å²) in [6.07, 6.45) is 2.12. The maximum Gasteiger partial charge on any atom is 0.340 e. The van der Waals surface area contributed by atoms with Crippen LogP contribution in [0.25, 0.3) is 0 Å². The zero-order valence-corrected chi connectivity index (χ0v) is 19.5. The van der Waals surface area contributed by atoms with E-state index in [4.69, 9.17) is 4.74 Å². The Labute approximate surface area is 190 Å². The fourth-order valence-electron chi connectivity index (χ4n) is 4.61. The molecule has 0 unspecified atom stereocenters. The number of nitrogens with zero attached hydrogens (tertiary/aromatic N) is 2. The van der Waals surface area contributed by atoms with Crippen LogP contribution >= 0.6 is 0 Å². The van der Waals surface area contributed by atoms with Crippen molar-refractivity contribution < 1.29 is 4.74 Å². The van der Waals surface area contributed by atoms with Crippen molar-refractivity contribution in [2.45, 2.75) is 71.2 Å². The first kappa shape index (κ1) is 22.5. The number of hydrogen-bond donors (Lipinski definition) is 2. The minimum Gasteiger partial charge on any atom is -0.372 e. The molecule has 1 fully saturated rings.